The van der Waals surface area contributed by atoms with E-state index in [1.807, 2.05) is 74.5 Å². The van der Waals surface area contributed by atoms with Gasteiger partial charge in [-0.1, -0.05) is 42.5 Å². The molecule has 0 atom stereocenters. The lowest BCUT2D eigenvalue weighted by Crippen LogP contribution is -2.25. The highest BCUT2D eigenvalue weighted by Crippen LogP contribution is 2.36. The van der Waals surface area contributed by atoms with Crippen LogP contribution in [0.5, 0.6) is 11.5 Å². The number of H-pyrrole nitrogens is 2. The molecule has 0 fully saturated rings. The Kier molecular flexibility index (Phi) is 5.85. The van der Waals surface area contributed by atoms with E-state index < -0.39 is 5.92 Å². The summed E-state index contributed by atoms with van der Waals surface area (Å²) in [5.74, 6) is -0.519. The van der Waals surface area contributed by atoms with Crippen LogP contribution in [-0.4, -0.2) is 31.8 Å². The van der Waals surface area contributed by atoms with Crippen molar-refractivity contribution < 1.29 is 9.84 Å². The summed E-state index contributed by atoms with van der Waals surface area (Å²) in [6.45, 7) is 3.62. The number of methoxy groups -OCH3 is 1. The molecule has 0 unspecified atom stereocenters. The van der Waals surface area contributed by atoms with E-state index in [0.29, 0.717) is 45.2 Å². The van der Waals surface area contributed by atoms with Crippen molar-refractivity contribution in [1.82, 2.24) is 19.6 Å². The molecule has 8 heteroatoms. The number of nitrogens with one attached hydrogen (secondary N) is 2. The van der Waals surface area contributed by atoms with E-state index in [1.165, 1.54) is 16.5 Å². The summed E-state index contributed by atoms with van der Waals surface area (Å²) < 4.78 is 8.16. The number of hydrogen-bond acceptors (Lipinski definition) is 4. The van der Waals surface area contributed by atoms with E-state index in [4.69, 9.17) is 4.74 Å². The summed E-state index contributed by atoms with van der Waals surface area (Å²) >= 11 is 0. The fourth-order valence-electron chi connectivity index (χ4n) is 4.68. The molecule has 2 aromatic heterocycles. The zero-order valence-electron chi connectivity index (χ0n) is 20.1. The lowest BCUT2D eigenvalue weighted by atomic mass is 9.85. The number of hydrogen-bond donors (Lipinski definition) is 3. The third-order valence-electron chi connectivity index (χ3n) is 6.38. The maximum atomic E-state index is 13.8. The molecule has 0 aliphatic rings. The second-order valence-corrected chi connectivity index (χ2v) is 8.62. The number of aromatic amines is 2. The van der Waals surface area contributed by atoms with Crippen molar-refractivity contribution in [1.29, 1.82) is 0 Å². The van der Waals surface area contributed by atoms with Gasteiger partial charge in [0.15, 0.2) is 11.5 Å². The SMILES string of the molecule is COc1ccc(C(c2c(C)[nH]n(-c3ccccc3)c2=O)c2c(C)[nH]n(-c3ccccc3)c2=O)cc1O. The lowest BCUT2D eigenvalue weighted by molar-refractivity contribution is 0.373. The number of para-hydroxylation sites is 2. The van der Waals surface area contributed by atoms with E-state index in [9.17, 15) is 14.7 Å². The molecule has 0 saturated heterocycles. The monoisotopic (exact) mass is 482 g/mol. The third-order valence-corrected chi connectivity index (χ3v) is 6.38. The molecule has 5 rings (SSSR count). The van der Waals surface area contributed by atoms with Gasteiger partial charge < -0.3 is 9.84 Å². The first-order valence-electron chi connectivity index (χ1n) is 11.5. The quantitative estimate of drug-likeness (QED) is 0.338. The molecular formula is C28H26N4O4. The number of benzene rings is 3. The fourth-order valence-corrected chi connectivity index (χ4v) is 4.68. The normalized spacial score (nSPS) is 11.2. The highest BCUT2D eigenvalue weighted by molar-refractivity contribution is 5.51. The molecule has 0 radical (unpaired) electrons. The Morgan fingerprint density at radius 3 is 1.64 bits per heavy atom. The summed E-state index contributed by atoms with van der Waals surface area (Å²) in [6.07, 6.45) is 0. The lowest BCUT2D eigenvalue weighted by Gasteiger charge is -2.17. The van der Waals surface area contributed by atoms with E-state index in [0.717, 1.165) is 0 Å². The minimum absolute atomic E-state index is 0.0758. The topological polar surface area (TPSA) is 105 Å². The zero-order chi connectivity index (χ0) is 25.4. The van der Waals surface area contributed by atoms with Crippen molar-refractivity contribution in [2.75, 3.05) is 7.11 Å². The van der Waals surface area contributed by atoms with Crippen molar-refractivity contribution in [2.24, 2.45) is 0 Å². The van der Waals surface area contributed by atoms with Crippen LogP contribution in [0.3, 0.4) is 0 Å². The summed E-state index contributed by atoms with van der Waals surface area (Å²) in [5.41, 5.74) is 3.49. The number of aromatic nitrogens is 4. The predicted molar refractivity (Wildman–Crippen MR) is 138 cm³/mol. The number of phenolic OH excluding ortho intramolecular Hbond substituents is 1. The average molecular weight is 483 g/mol. The summed E-state index contributed by atoms with van der Waals surface area (Å²) in [4.78, 5) is 27.6. The molecule has 0 saturated carbocycles. The molecule has 5 aromatic rings. The molecule has 3 aromatic carbocycles. The van der Waals surface area contributed by atoms with Gasteiger partial charge in [0.1, 0.15) is 0 Å². The average Bonchev–Trinajstić information content (AvgIpc) is 3.36. The third kappa shape index (κ3) is 3.82. The molecule has 0 spiro atoms. The summed E-state index contributed by atoms with van der Waals surface area (Å²) in [6, 6.07) is 23.4. The van der Waals surface area contributed by atoms with E-state index in [2.05, 4.69) is 10.2 Å². The van der Waals surface area contributed by atoms with Gasteiger partial charge in [-0.2, -0.15) is 0 Å². The van der Waals surface area contributed by atoms with Crippen LogP contribution in [0.25, 0.3) is 11.4 Å². The second kappa shape index (κ2) is 9.14. The number of aryl methyl sites for hydroxylation is 2. The smallest absolute Gasteiger partial charge is 0.275 e. The maximum absolute atomic E-state index is 13.8. The first-order chi connectivity index (χ1) is 17.4. The van der Waals surface area contributed by atoms with Crippen LogP contribution in [0.15, 0.2) is 88.5 Å². The molecule has 0 amide bonds. The number of aromatic hydroxyl groups is 1. The van der Waals surface area contributed by atoms with E-state index in [1.54, 1.807) is 18.2 Å². The van der Waals surface area contributed by atoms with Gasteiger partial charge in [-0.05, 0) is 55.8 Å². The molecule has 0 bridgehead atoms. The van der Waals surface area contributed by atoms with Crippen LogP contribution in [0.2, 0.25) is 0 Å². The van der Waals surface area contributed by atoms with Crippen LogP contribution in [0, 0.1) is 13.8 Å². The Labute approximate surface area is 207 Å². The standard InChI is InChI=1S/C28H26N4O4/c1-17-24(27(34)31(29-17)20-10-6-4-7-11-20)26(19-14-15-23(36-3)22(33)16-19)25-18(2)30-32(28(25)35)21-12-8-5-9-13-21/h4-16,26,29-30,33H,1-3H3. The summed E-state index contributed by atoms with van der Waals surface area (Å²) in [5, 5.41) is 16.9. The van der Waals surface area contributed by atoms with Crippen molar-refractivity contribution in [3.63, 3.8) is 0 Å². The first-order valence-corrected chi connectivity index (χ1v) is 11.5. The summed E-state index contributed by atoms with van der Waals surface area (Å²) in [7, 11) is 1.47. The van der Waals surface area contributed by atoms with Gasteiger partial charge in [0.25, 0.3) is 11.1 Å². The molecule has 2 heterocycles. The molecule has 0 aliphatic heterocycles. The number of phenols is 1. The maximum Gasteiger partial charge on any atom is 0.275 e. The Balaban J connectivity index is 1.78. The van der Waals surface area contributed by atoms with Crippen molar-refractivity contribution in [3.8, 4) is 22.9 Å². The molecular weight excluding hydrogens is 456 g/mol. The van der Waals surface area contributed by atoms with Crippen LogP contribution in [0.1, 0.15) is 34.0 Å². The van der Waals surface area contributed by atoms with Gasteiger partial charge in [-0.3, -0.25) is 19.8 Å². The Hall–Kier alpha value is -4.72. The predicted octanol–water partition coefficient (Wildman–Crippen LogP) is 4.16. The zero-order valence-corrected chi connectivity index (χ0v) is 20.1. The van der Waals surface area contributed by atoms with Gasteiger partial charge >= 0.3 is 0 Å². The van der Waals surface area contributed by atoms with Crippen molar-refractivity contribution in [3.05, 3.63) is 128 Å². The second-order valence-electron chi connectivity index (χ2n) is 8.62. The minimum atomic E-state index is -0.746. The van der Waals surface area contributed by atoms with Crippen molar-refractivity contribution in [2.45, 2.75) is 19.8 Å². The molecule has 8 nitrogen and oxygen atoms in total. The number of rotatable bonds is 6. The Morgan fingerprint density at radius 2 is 1.22 bits per heavy atom. The van der Waals surface area contributed by atoms with Crippen LogP contribution in [0.4, 0.5) is 0 Å². The Morgan fingerprint density at radius 1 is 0.750 bits per heavy atom. The highest BCUT2D eigenvalue weighted by atomic mass is 16.5. The van der Waals surface area contributed by atoms with Gasteiger partial charge in [0.2, 0.25) is 0 Å². The van der Waals surface area contributed by atoms with Crippen LogP contribution < -0.4 is 15.9 Å². The van der Waals surface area contributed by atoms with Crippen LogP contribution >= 0.6 is 0 Å². The minimum Gasteiger partial charge on any atom is -0.504 e. The number of ether oxygens (including phenoxy) is 1. The molecule has 0 aliphatic carbocycles. The first kappa shape index (κ1) is 23.0. The van der Waals surface area contributed by atoms with E-state index >= 15 is 0 Å². The molecule has 36 heavy (non-hydrogen) atoms. The van der Waals surface area contributed by atoms with Gasteiger partial charge in [-0.25, -0.2) is 9.36 Å². The van der Waals surface area contributed by atoms with Gasteiger partial charge in [-0.15, -0.1) is 0 Å². The Bertz CT molecular complexity index is 1550. The molecule has 3 N–H and O–H groups in total. The van der Waals surface area contributed by atoms with Crippen molar-refractivity contribution >= 4 is 0 Å². The largest absolute Gasteiger partial charge is 0.504 e. The van der Waals surface area contributed by atoms with Gasteiger partial charge in [0.05, 0.1) is 29.6 Å². The fraction of sp³-hybridized carbons (Fsp3) is 0.143. The highest BCUT2D eigenvalue weighted by Gasteiger charge is 2.31. The molecule has 182 valence electrons. The van der Waals surface area contributed by atoms with Crippen LogP contribution in [-0.2, 0) is 0 Å². The number of nitrogens with zero attached hydrogens (tertiary/aromatic N) is 2. The van der Waals surface area contributed by atoms with Gasteiger partial charge in [0, 0.05) is 17.3 Å². The van der Waals surface area contributed by atoms with E-state index in [-0.39, 0.29) is 16.9 Å².